The predicted octanol–water partition coefficient (Wildman–Crippen LogP) is 4.82. The summed E-state index contributed by atoms with van der Waals surface area (Å²) in [7, 11) is -5.80. The first-order chi connectivity index (χ1) is 14.9. The van der Waals surface area contributed by atoms with E-state index in [0.717, 1.165) is 13.0 Å². The van der Waals surface area contributed by atoms with Gasteiger partial charge in [0.05, 0.1) is 24.1 Å². The molecular formula is C20H24F6N4O2S. The molecule has 1 aliphatic heterocycles. The molecule has 0 fully saturated rings. The highest BCUT2D eigenvalue weighted by Crippen LogP contribution is 2.43. The number of aromatic amines is 1. The Bertz CT molecular complexity index is 1110. The zero-order valence-corrected chi connectivity index (χ0v) is 19.2. The van der Waals surface area contributed by atoms with Crippen LogP contribution in [0.5, 0.6) is 0 Å². The van der Waals surface area contributed by atoms with Crippen LogP contribution in [0.1, 0.15) is 43.2 Å². The van der Waals surface area contributed by atoms with Crippen LogP contribution in [0.4, 0.5) is 32.0 Å². The molecule has 2 aromatic rings. The normalized spacial score (nSPS) is 18.8. The molecule has 33 heavy (non-hydrogen) atoms. The van der Waals surface area contributed by atoms with Crippen LogP contribution in [-0.4, -0.2) is 40.8 Å². The molecule has 3 rings (SSSR count). The maximum Gasteiger partial charge on any atom is 0.511 e. The summed E-state index contributed by atoms with van der Waals surface area (Å²) in [6.45, 7) is 5.03. The lowest BCUT2D eigenvalue weighted by Crippen LogP contribution is -2.52. The van der Waals surface area contributed by atoms with E-state index < -0.39 is 51.8 Å². The monoisotopic (exact) mass is 498 g/mol. The second-order valence-electron chi connectivity index (χ2n) is 9.06. The highest BCUT2D eigenvalue weighted by molar-refractivity contribution is 7.89. The van der Waals surface area contributed by atoms with Gasteiger partial charge < -0.3 is 9.88 Å². The Hall–Kier alpha value is -2.28. The molecular weight excluding hydrogens is 474 g/mol. The lowest BCUT2D eigenvalue weighted by Gasteiger charge is -2.42. The fourth-order valence-electron chi connectivity index (χ4n) is 4.04. The molecule has 1 aromatic carbocycles. The SMILES string of the molecule is Cc1c(C(F)(F)F)ccc2c1CN(S(=O)(=O)C(F)(F)F)CC(C(C)(C)C)N2Cc1cnc[nH]1. The average Bonchev–Trinajstić information content (AvgIpc) is 3.08. The molecule has 2 heterocycles. The third-order valence-corrected chi connectivity index (χ3v) is 7.35. The van der Waals surface area contributed by atoms with Gasteiger partial charge in [0.1, 0.15) is 0 Å². The third-order valence-electron chi connectivity index (χ3n) is 5.80. The maximum atomic E-state index is 13.6. The van der Waals surface area contributed by atoms with Gasteiger partial charge >= 0.3 is 21.7 Å². The van der Waals surface area contributed by atoms with Gasteiger partial charge in [-0.1, -0.05) is 20.8 Å². The maximum absolute atomic E-state index is 13.6. The van der Waals surface area contributed by atoms with Gasteiger partial charge in [0.25, 0.3) is 0 Å². The van der Waals surface area contributed by atoms with Crippen molar-refractivity contribution in [3.8, 4) is 0 Å². The molecule has 1 unspecified atom stereocenters. The Morgan fingerprint density at radius 3 is 2.24 bits per heavy atom. The van der Waals surface area contributed by atoms with Crippen molar-refractivity contribution in [3.05, 3.63) is 47.0 Å². The molecule has 1 aromatic heterocycles. The molecule has 0 aliphatic carbocycles. The number of H-pyrrole nitrogens is 1. The number of hydrogen-bond donors (Lipinski definition) is 1. The van der Waals surface area contributed by atoms with Crippen LogP contribution < -0.4 is 4.90 Å². The summed E-state index contributed by atoms with van der Waals surface area (Å²) in [4.78, 5) is 8.45. The Labute approximate surface area is 187 Å². The van der Waals surface area contributed by atoms with Crippen LogP contribution in [0.2, 0.25) is 0 Å². The Morgan fingerprint density at radius 2 is 1.76 bits per heavy atom. The standard InChI is InChI=1S/C20H24F6N4O2S/c1-12-14-9-29(33(31,32)20(24,25)26)10-17(18(2,3)4)30(8-13-7-27-11-28-13)16(14)6-5-15(12)19(21,22)23/h5-7,11,17H,8-10H2,1-4H3,(H,27,28). The van der Waals surface area contributed by atoms with Gasteiger partial charge in [0.2, 0.25) is 0 Å². The number of benzene rings is 1. The van der Waals surface area contributed by atoms with Gasteiger partial charge in [-0.3, -0.25) is 0 Å². The van der Waals surface area contributed by atoms with Crippen LogP contribution in [0.3, 0.4) is 0 Å². The summed E-state index contributed by atoms with van der Waals surface area (Å²) in [5.41, 5.74) is -6.98. The number of rotatable bonds is 3. The van der Waals surface area contributed by atoms with Gasteiger partial charge in [-0.15, -0.1) is 0 Å². The molecule has 0 radical (unpaired) electrons. The number of nitrogens with one attached hydrogen (secondary N) is 1. The average molecular weight is 498 g/mol. The zero-order valence-electron chi connectivity index (χ0n) is 18.3. The molecule has 0 saturated carbocycles. The predicted molar refractivity (Wildman–Crippen MR) is 110 cm³/mol. The van der Waals surface area contributed by atoms with Gasteiger partial charge in [0.15, 0.2) is 0 Å². The van der Waals surface area contributed by atoms with E-state index in [4.69, 9.17) is 0 Å². The molecule has 0 amide bonds. The largest absolute Gasteiger partial charge is 0.511 e. The van der Waals surface area contributed by atoms with Crippen LogP contribution in [0.25, 0.3) is 0 Å². The van der Waals surface area contributed by atoms with E-state index in [1.165, 1.54) is 18.6 Å². The number of fused-ring (bicyclic) bond motifs is 1. The minimum Gasteiger partial charge on any atom is -0.361 e. The highest BCUT2D eigenvalue weighted by Gasteiger charge is 2.52. The van der Waals surface area contributed by atoms with Crippen molar-refractivity contribution in [1.82, 2.24) is 14.3 Å². The first-order valence-corrected chi connectivity index (χ1v) is 11.4. The molecule has 184 valence electrons. The number of nitrogens with zero attached hydrogens (tertiary/aromatic N) is 3. The number of sulfonamides is 1. The van der Waals surface area contributed by atoms with Gasteiger partial charge in [-0.05, 0) is 35.6 Å². The summed E-state index contributed by atoms with van der Waals surface area (Å²) in [6.07, 6.45) is -1.86. The lowest BCUT2D eigenvalue weighted by atomic mass is 9.85. The van der Waals surface area contributed by atoms with E-state index in [-0.39, 0.29) is 27.7 Å². The van der Waals surface area contributed by atoms with E-state index in [1.54, 1.807) is 25.7 Å². The third kappa shape index (κ3) is 4.84. The Morgan fingerprint density at radius 1 is 1.12 bits per heavy atom. The molecule has 0 spiro atoms. The summed E-state index contributed by atoms with van der Waals surface area (Å²) < 4.78 is 106. The number of imidazole rings is 1. The first kappa shape index (κ1) is 25.3. The number of alkyl halides is 6. The van der Waals surface area contributed by atoms with Crippen LogP contribution >= 0.6 is 0 Å². The number of hydrogen-bond acceptors (Lipinski definition) is 4. The van der Waals surface area contributed by atoms with Crippen LogP contribution in [-0.2, 0) is 29.3 Å². The zero-order chi connectivity index (χ0) is 25.0. The molecule has 1 N–H and O–H groups in total. The fraction of sp³-hybridized carbons (Fsp3) is 0.550. The quantitative estimate of drug-likeness (QED) is 0.616. The molecule has 1 aliphatic rings. The second-order valence-corrected chi connectivity index (χ2v) is 11.0. The van der Waals surface area contributed by atoms with Gasteiger partial charge in [0, 0.05) is 31.0 Å². The second kappa shape index (κ2) is 8.19. The smallest absolute Gasteiger partial charge is 0.361 e. The minimum atomic E-state index is -5.80. The van der Waals surface area contributed by atoms with E-state index >= 15 is 0 Å². The van der Waals surface area contributed by atoms with Crippen molar-refractivity contribution < 1.29 is 34.8 Å². The number of halogens is 6. The fourth-order valence-corrected chi connectivity index (χ4v) is 4.97. The van der Waals surface area contributed by atoms with Crippen LogP contribution in [0.15, 0.2) is 24.7 Å². The summed E-state index contributed by atoms with van der Waals surface area (Å²) in [5.74, 6) is 0. The molecule has 13 heteroatoms. The van der Waals surface area contributed by atoms with Crippen molar-refractivity contribution in [1.29, 1.82) is 0 Å². The Balaban J connectivity index is 2.29. The minimum absolute atomic E-state index is 0.0830. The Kier molecular flexibility index (Phi) is 6.29. The topological polar surface area (TPSA) is 69.3 Å². The highest BCUT2D eigenvalue weighted by atomic mass is 32.2. The van der Waals surface area contributed by atoms with E-state index in [9.17, 15) is 34.8 Å². The van der Waals surface area contributed by atoms with Gasteiger partial charge in [-0.2, -0.15) is 30.6 Å². The van der Waals surface area contributed by atoms with Crippen molar-refractivity contribution in [2.45, 2.75) is 58.5 Å². The van der Waals surface area contributed by atoms with E-state index in [0.29, 0.717) is 5.69 Å². The lowest BCUT2D eigenvalue weighted by molar-refractivity contribution is -0.138. The first-order valence-electron chi connectivity index (χ1n) is 9.94. The molecule has 0 bridgehead atoms. The summed E-state index contributed by atoms with van der Waals surface area (Å²) in [6, 6.07) is 1.28. The molecule has 1 atom stereocenters. The van der Waals surface area contributed by atoms with Crippen molar-refractivity contribution in [2.24, 2.45) is 5.41 Å². The summed E-state index contributed by atoms with van der Waals surface area (Å²) in [5, 5.41) is 0. The number of aromatic nitrogens is 2. The van der Waals surface area contributed by atoms with Gasteiger partial charge in [-0.25, -0.2) is 13.4 Å². The summed E-state index contributed by atoms with van der Waals surface area (Å²) >= 11 is 0. The van der Waals surface area contributed by atoms with Crippen molar-refractivity contribution >= 4 is 15.7 Å². The molecule has 0 saturated heterocycles. The van der Waals surface area contributed by atoms with E-state index in [1.807, 2.05) is 0 Å². The molecule has 6 nitrogen and oxygen atoms in total. The van der Waals surface area contributed by atoms with Crippen molar-refractivity contribution in [2.75, 3.05) is 11.4 Å². The van der Waals surface area contributed by atoms with Crippen LogP contribution in [0, 0.1) is 12.3 Å². The van der Waals surface area contributed by atoms with Crippen molar-refractivity contribution in [3.63, 3.8) is 0 Å². The van der Waals surface area contributed by atoms with E-state index in [2.05, 4.69) is 9.97 Å². The number of anilines is 1.